The Morgan fingerprint density at radius 2 is 1.52 bits per heavy atom. The molecule has 4 aromatic carbocycles. The van der Waals surface area contributed by atoms with Gasteiger partial charge in [-0.25, -0.2) is 0 Å². The van der Waals surface area contributed by atoms with E-state index in [1.165, 1.54) is 54.6 Å². The Kier molecular flexibility index (Phi) is 4.17. The standard InChI is InChI=1S/C29H26/c1-5-6-11-20-19(4)16-27-28(20)25(18(2)3)17-26-23-14-8-7-12-21(23)22-13-9-10-15-24(22)29(26)27/h5-15,17,19H,2,16H2,1,3-4H3/b6-5-,20-11+. The molecule has 0 heteroatoms. The summed E-state index contributed by atoms with van der Waals surface area (Å²) in [5.74, 6) is 0.509. The first-order valence-corrected chi connectivity index (χ1v) is 10.5. The fraction of sp³-hybridized carbons (Fsp3) is 0.172. The highest BCUT2D eigenvalue weighted by atomic mass is 14.3. The van der Waals surface area contributed by atoms with Gasteiger partial charge in [0.1, 0.15) is 0 Å². The Balaban J connectivity index is 2.06. The van der Waals surface area contributed by atoms with E-state index in [1.54, 1.807) is 0 Å². The average molecular weight is 375 g/mol. The molecule has 0 fully saturated rings. The van der Waals surface area contributed by atoms with Gasteiger partial charge in [-0.3, -0.25) is 0 Å². The molecule has 0 aliphatic heterocycles. The van der Waals surface area contributed by atoms with Crippen LogP contribution in [0.3, 0.4) is 0 Å². The number of allylic oxidation sites excluding steroid dienone is 5. The minimum atomic E-state index is 0.509. The highest BCUT2D eigenvalue weighted by molar-refractivity contribution is 6.27. The number of benzene rings is 4. The number of fused-ring (bicyclic) bond motifs is 8. The van der Waals surface area contributed by atoms with Crippen LogP contribution in [0.2, 0.25) is 0 Å². The predicted octanol–water partition coefficient (Wildman–Crippen LogP) is 8.33. The van der Waals surface area contributed by atoms with Crippen molar-refractivity contribution in [1.82, 2.24) is 0 Å². The lowest BCUT2D eigenvalue weighted by molar-refractivity contribution is 0.784. The summed E-state index contributed by atoms with van der Waals surface area (Å²) < 4.78 is 0. The van der Waals surface area contributed by atoms with E-state index in [2.05, 4.69) is 100 Å². The van der Waals surface area contributed by atoms with Gasteiger partial charge in [0.05, 0.1) is 0 Å². The Bertz CT molecular complexity index is 1360. The van der Waals surface area contributed by atoms with Crippen LogP contribution in [-0.4, -0.2) is 0 Å². The first kappa shape index (κ1) is 17.9. The third kappa shape index (κ3) is 2.59. The first-order valence-electron chi connectivity index (χ1n) is 10.5. The Hall–Kier alpha value is -3.12. The van der Waals surface area contributed by atoms with Crippen LogP contribution in [0.15, 0.2) is 79.4 Å². The molecule has 142 valence electrons. The molecule has 1 unspecified atom stereocenters. The number of hydrogen-bond donors (Lipinski definition) is 0. The average Bonchev–Trinajstić information content (AvgIpc) is 3.07. The Labute approximate surface area is 172 Å². The quantitative estimate of drug-likeness (QED) is 0.309. The third-order valence-electron chi connectivity index (χ3n) is 6.39. The van der Waals surface area contributed by atoms with E-state index in [4.69, 9.17) is 0 Å². The summed E-state index contributed by atoms with van der Waals surface area (Å²) in [6.45, 7) is 10.9. The Morgan fingerprint density at radius 1 is 0.931 bits per heavy atom. The van der Waals surface area contributed by atoms with Crippen LogP contribution in [0.1, 0.15) is 37.5 Å². The van der Waals surface area contributed by atoms with E-state index in [1.807, 2.05) is 0 Å². The smallest absolute Gasteiger partial charge is 0.00601 e. The van der Waals surface area contributed by atoms with Crippen molar-refractivity contribution in [2.45, 2.75) is 27.2 Å². The highest BCUT2D eigenvalue weighted by Gasteiger charge is 2.29. The topological polar surface area (TPSA) is 0 Å². The monoisotopic (exact) mass is 374 g/mol. The molecule has 0 saturated heterocycles. The van der Waals surface area contributed by atoms with E-state index in [0.717, 1.165) is 12.0 Å². The predicted molar refractivity (Wildman–Crippen MR) is 129 cm³/mol. The summed E-state index contributed by atoms with van der Waals surface area (Å²) in [5, 5.41) is 8.17. The van der Waals surface area contributed by atoms with Crippen LogP contribution in [0.5, 0.6) is 0 Å². The zero-order valence-electron chi connectivity index (χ0n) is 17.4. The van der Waals surface area contributed by atoms with Gasteiger partial charge in [-0.15, -0.1) is 0 Å². The molecule has 29 heavy (non-hydrogen) atoms. The van der Waals surface area contributed by atoms with Crippen molar-refractivity contribution in [2.24, 2.45) is 5.92 Å². The van der Waals surface area contributed by atoms with E-state index in [0.29, 0.717) is 5.92 Å². The molecule has 0 nitrogen and oxygen atoms in total. The summed E-state index contributed by atoms with van der Waals surface area (Å²) in [7, 11) is 0. The van der Waals surface area contributed by atoms with Crippen molar-refractivity contribution in [1.29, 1.82) is 0 Å². The van der Waals surface area contributed by atoms with E-state index in [-0.39, 0.29) is 0 Å². The lowest BCUT2D eigenvalue weighted by atomic mass is 9.86. The molecule has 1 aliphatic carbocycles. The lowest BCUT2D eigenvalue weighted by Gasteiger charge is -2.17. The molecule has 0 bridgehead atoms. The minimum absolute atomic E-state index is 0.509. The molecule has 0 N–H and O–H groups in total. The molecular weight excluding hydrogens is 348 g/mol. The van der Waals surface area contributed by atoms with Gasteiger partial charge in [0.25, 0.3) is 0 Å². The SMILES string of the molecule is C=C(C)c1cc2c3ccccc3c3ccccc3c2c2c1/C(=C/C=C\C)C(C)C2. The van der Waals surface area contributed by atoms with Crippen molar-refractivity contribution in [3.05, 3.63) is 96.1 Å². The van der Waals surface area contributed by atoms with Crippen LogP contribution < -0.4 is 0 Å². The van der Waals surface area contributed by atoms with Gasteiger partial charge in [0.15, 0.2) is 0 Å². The van der Waals surface area contributed by atoms with Crippen molar-refractivity contribution in [3.63, 3.8) is 0 Å². The fourth-order valence-electron chi connectivity index (χ4n) is 5.13. The van der Waals surface area contributed by atoms with E-state index in [9.17, 15) is 0 Å². The number of rotatable bonds is 2. The van der Waals surface area contributed by atoms with Gasteiger partial charge >= 0.3 is 0 Å². The minimum Gasteiger partial charge on any atom is -0.0955 e. The maximum atomic E-state index is 4.35. The van der Waals surface area contributed by atoms with Gasteiger partial charge in [0, 0.05) is 0 Å². The second-order valence-corrected chi connectivity index (χ2v) is 8.32. The van der Waals surface area contributed by atoms with Crippen molar-refractivity contribution in [3.8, 4) is 0 Å². The zero-order valence-corrected chi connectivity index (χ0v) is 17.4. The molecule has 0 aromatic heterocycles. The largest absolute Gasteiger partial charge is 0.0955 e. The molecule has 5 rings (SSSR count). The third-order valence-corrected chi connectivity index (χ3v) is 6.39. The normalized spacial score (nSPS) is 17.8. The fourth-order valence-corrected chi connectivity index (χ4v) is 5.13. The molecule has 0 heterocycles. The molecule has 0 saturated carbocycles. The maximum absolute atomic E-state index is 4.35. The molecule has 4 aromatic rings. The molecule has 0 spiro atoms. The molecule has 0 radical (unpaired) electrons. The number of hydrogen-bond acceptors (Lipinski definition) is 0. The molecule has 1 atom stereocenters. The summed E-state index contributed by atoms with van der Waals surface area (Å²) in [6, 6.07) is 20.1. The van der Waals surface area contributed by atoms with Gasteiger partial charge in [0.2, 0.25) is 0 Å². The van der Waals surface area contributed by atoms with Crippen LogP contribution in [0, 0.1) is 5.92 Å². The highest BCUT2D eigenvalue weighted by Crippen LogP contribution is 2.48. The van der Waals surface area contributed by atoms with Gasteiger partial charge in [-0.1, -0.05) is 85.8 Å². The van der Waals surface area contributed by atoms with Crippen molar-refractivity contribution < 1.29 is 0 Å². The maximum Gasteiger partial charge on any atom is -0.00601 e. The van der Waals surface area contributed by atoms with E-state index >= 15 is 0 Å². The zero-order chi connectivity index (χ0) is 20.1. The van der Waals surface area contributed by atoms with Gasteiger partial charge in [-0.2, -0.15) is 0 Å². The Morgan fingerprint density at radius 3 is 2.14 bits per heavy atom. The lowest BCUT2D eigenvalue weighted by Crippen LogP contribution is -1.95. The second kappa shape index (κ2) is 6.74. The van der Waals surface area contributed by atoms with Crippen molar-refractivity contribution in [2.75, 3.05) is 0 Å². The summed E-state index contributed by atoms with van der Waals surface area (Å²) in [4.78, 5) is 0. The summed E-state index contributed by atoms with van der Waals surface area (Å²) in [5.41, 5.74) is 6.78. The van der Waals surface area contributed by atoms with Crippen LogP contribution in [0.25, 0.3) is 43.5 Å². The van der Waals surface area contributed by atoms with Gasteiger partial charge < -0.3 is 0 Å². The molecular formula is C29H26. The van der Waals surface area contributed by atoms with E-state index < -0.39 is 0 Å². The summed E-state index contributed by atoms with van der Waals surface area (Å²) in [6.07, 6.45) is 7.67. The van der Waals surface area contributed by atoms with Crippen LogP contribution in [0.4, 0.5) is 0 Å². The summed E-state index contributed by atoms with van der Waals surface area (Å²) >= 11 is 0. The van der Waals surface area contributed by atoms with Crippen LogP contribution in [-0.2, 0) is 6.42 Å². The van der Waals surface area contributed by atoms with Crippen molar-refractivity contribution >= 4 is 43.5 Å². The van der Waals surface area contributed by atoms with Crippen LogP contribution >= 0.6 is 0 Å². The molecule has 0 amide bonds. The second-order valence-electron chi connectivity index (χ2n) is 8.32. The molecule has 1 aliphatic rings. The first-order chi connectivity index (χ1) is 14.1. The van der Waals surface area contributed by atoms with Gasteiger partial charge in [-0.05, 0) is 86.8 Å².